The van der Waals surface area contributed by atoms with Gasteiger partial charge in [-0.15, -0.1) is 0 Å². The van der Waals surface area contributed by atoms with Crippen molar-refractivity contribution in [3.05, 3.63) is 75.3 Å². The molecule has 9 nitrogen and oxygen atoms in total. The van der Waals surface area contributed by atoms with E-state index in [1.54, 1.807) is 16.8 Å². The van der Waals surface area contributed by atoms with Gasteiger partial charge in [0.05, 0.1) is 12.8 Å². The number of nitrogens with one attached hydrogen (secondary N) is 1. The fraction of sp³-hybridized carbons (Fsp3) is 0.292. The molecule has 0 bridgehead atoms. The van der Waals surface area contributed by atoms with Crippen molar-refractivity contribution in [2.24, 2.45) is 0 Å². The third-order valence-corrected chi connectivity index (χ3v) is 7.86. The Morgan fingerprint density at radius 2 is 1.83 bits per heavy atom. The number of piperidine rings is 1. The van der Waals surface area contributed by atoms with Crippen molar-refractivity contribution in [3.63, 3.8) is 0 Å². The zero-order valence-electron chi connectivity index (χ0n) is 19.0. The maximum atomic E-state index is 12.8. The molecule has 0 aliphatic carbocycles. The van der Waals surface area contributed by atoms with E-state index in [9.17, 15) is 13.2 Å². The van der Waals surface area contributed by atoms with Crippen LogP contribution >= 0.6 is 15.9 Å². The van der Waals surface area contributed by atoms with Crippen molar-refractivity contribution in [3.8, 4) is 11.3 Å². The van der Waals surface area contributed by atoms with E-state index in [1.807, 2.05) is 36.4 Å². The van der Waals surface area contributed by atoms with Gasteiger partial charge in [-0.25, -0.2) is 17.7 Å². The Kier molecular flexibility index (Phi) is 6.47. The molecule has 182 valence electrons. The standard InChI is InChI=1S/C24H24BrN5O4S/c1-35(32,33)29-12-10-19(11-13-29)27-24-26-14-18-6-9-22(31)30(23(18)28-24)15-16-2-4-17(5-3-16)20-7-8-21(25)34-20/h2-9,14,19H,10-13,15H2,1H3,(H,26,27,28). The first-order valence-electron chi connectivity index (χ1n) is 11.2. The van der Waals surface area contributed by atoms with Crippen molar-refractivity contribution in [2.75, 3.05) is 24.7 Å². The molecule has 0 amide bonds. The number of halogens is 1. The van der Waals surface area contributed by atoms with Gasteiger partial charge in [-0.3, -0.25) is 9.36 Å². The third-order valence-electron chi connectivity index (χ3n) is 6.13. The van der Waals surface area contributed by atoms with Gasteiger partial charge in [-0.2, -0.15) is 4.98 Å². The largest absolute Gasteiger partial charge is 0.449 e. The number of aromatic nitrogens is 3. The molecule has 35 heavy (non-hydrogen) atoms. The first-order chi connectivity index (χ1) is 16.8. The van der Waals surface area contributed by atoms with E-state index in [1.165, 1.54) is 16.6 Å². The lowest BCUT2D eigenvalue weighted by atomic mass is 10.1. The molecule has 1 N–H and O–H groups in total. The van der Waals surface area contributed by atoms with Crippen LogP contribution in [-0.4, -0.2) is 52.6 Å². The van der Waals surface area contributed by atoms with Crippen molar-refractivity contribution in [1.29, 1.82) is 0 Å². The summed E-state index contributed by atoms with van der Waals surface area (Å²) in [5.41, 5.74) is 2.29. The van der Waals surface area contributed by atoms with Gasteiger partial charge >= 0.3 is 0 Å². The molecule has 1 fully saturated rings. The number of nitrogens with zero attached hydrogens (tertiary/aromatic N) is 4. The highest BCUT2D eigenvalue weighted by molar-refractivity contribution is 9.10. The predicted octanol–water partition coefficient (Wildman–Crippen LogP) is 3.70. The fourth-order valence-corrected chi connectivity index (χ4v) is 5.42. The van der Waals surface area contributed by atoms with Crippen molar-refractivity contribution >= 4 is 42.9 Å². The van der Waals surface area contributed by atoms with Crippen LogP contribution in [0.4, 0.5) is 5.95 Å². The zero-order valence-corrected chi connectivity index (χ0v) is 21.4. The van der Waals surface area contributed by atoms with E-state index in [0.29, 0.717) is 48.7 Å². The molecule has 0 radical (unpaired) electrons. The van der Waals surface area contributed by atoms with Gasteiger partial charge in [0.25, 0.3) is 5.56 Å². The van der Waals surface area contributed by atoms with E-state index >= 15 is 0 Å². The first-order valence-corrected chi connectivity index (χ1v) is 13.8. The monoisotopic (exact) mass is 557 g/mol. The topological polar surface area (TPSA) is 110 Å². The molecule has 1 aliphatic heterocycles. The number of rotatable bonds is 6. The highest BCUT2D eigenvalue weighted by atomic mass is 79.9. The molecule has 1 aliphatic rings. The van der Waals surface area contributed by atoms with Crippen LogP contribution in [0.15, 0.2) is 68.6 Å². The molecular formula is C24H24BrN5O4S. The SMILES string of the molecule is CS(=O)(=O)N1CCC(Nc2ncc3ccc(=O)n(Cc4ccc(-c5ccc(Br)o5)cc4)c3n2)CC1. The van der Waals surface area contributed by atoms with Crippen molar-refractivity contribution in [2.45, 2.75) is 25.4 Å². The summed E-state index contributed by atoms with van der Waals surface area (Å²) in [5.74, 6) is 1.19. The van der Waals surface area contributed by atoms with Crippen molar-refractivity contribution in [1.82, 2.24) is 18.8 Å². The number of fused-ring (bicyclic) bond motifs is 1. The smallest absolute Gasteiger partial charge is 0.252 e. The molecule has 1 aromatic carbocycles. The molecule has 3 aromatic heterocycles. The van der Waals surface area contributed by atoms with Crippen LogP contribution in [0.5, 0.6) is 0 Å². The second-order valence-corrected chi connectivity index (χ2v) is 11.4. The van der Waals surface area contributed by atoms with Crippen LogP contribution in [0.3, 0.4) is 0 Å². The van der Waals surface area contributed by atoms with Gasteiger partial charge in [0, 0.05) is 42.3 Å². The summed E-state index contributed by atoms with van der Waals surface area (Å²) in [6.45, 7) is 1.28. The van der Waals surface area contributed by atoms with E-state index < -0.39 is 10.0 Å². The third kappa shape index (κ3) is 5.31. The Bertz CT molecular complexity index is 1520. The van der Waals surface area contributed by atoms with Gasteiger partial charge in [0.15, 0.2) is 4.67 Å². The average Bonchev–Trinajstić information content (AvgIpc) is 3.27. The van der Waals surface area contributed by atoms with E-state index in [2.05, 4.69) is 31.2 Å². The Hall–Kier alpha value is -3.02. The predicted molar refractivity (Wildman–Crippen MR) is 138 cm³/mol. The van der Waals surface area contributed by atoms with E-state index in [0.717, 1.165) is 22.3 Å². The van der Waals surface area contributed by atoms with Crippen LogP contribution in [-0.2, 0) is 16.6 Å². The summed E-state index contributed by atoms with van der Waals surface area (Å²) in [6.07, 6.45) is 4.25. The molecule has 5 rings (SSSR count). The summed E-state index contributed by atoms with van der Waals surface area (Å²) in [6, 6.07) is 14.9. The number of pyridine rings is 1. The molecule has 11 heteroatoms. The van der Waals surface area contributed by atoms with Crippen LogP contribution in [0.25, 0.3) is 22.4 Å². The second kappa shape index (κ2) is 9.56. The van der Waals surface area contributed by atoms with Gasteiger partial charge in [0.2, 0.25) is 16.0 Å². The van der Waals surface area contributed by atoms with Crippen LogP contribution < -0.4 is 10.9 Å². The lowest BCUT2D eigenvalue weighted by Crippen LogP contribution is -2.42. The number of sulfonamides is 1. The molecule has 0 atom stereocenters. The normalized spacial score (nSPS) is 15.5. The molecule has 1 saturated heterocycles. The fourth-order valence-electron chi connectivity index (χ4n) is 4.23. The molecule has 0 saturated carbocycles. The summed E-state index contributed by atoms with van der Waals surface area (Å²) < 4.78 is 32.9. The minimum Gasteiger partial charge on any atom is -0.449 e. The molecule has 0 spiro atoms. The first kappa shape index (κ1) is 23.7. The lowest BCUT2D eigenvalue weighted by Gasteiger charge is -2.30. The molecular weight excluding hydrogens is 534 g/mol. The minimum atomic E-state index is -3.18. The van der Waals surface area contributed by atoms with Gasteiger partial charge in [-0.1, -0.05) is 24.3 Å². The molecule has 4 heterocycles. The van der Waals surface area contributed by atoms with Crippen LogP contribution in [0, 0.1) is 0 Å². The number of benzene rings is 1. The van der Waals surface area contributed by atoms with Gasteiger partial charge < -0.3 is 9.73 Å². The summed E-state index contributed by atoms with van der Waals surface area (Å²) in [5, 5.41) is 4.07. The number of anilines is 1. The van der Waals surface area contributed by atoms with Crippen LogP contribution in [0.1, 0.15) is 18.4 Å². The Morgan fingerprint density at radius 1 is 1.09 bits per heavy atom. The molecule has 4 aromatic rings. The Labute approximate surface area is 211 Å². The van der Waals surface area contributed by atoms with Gasteiger partial charge in [0.1, 0.15) is 11.4 Å². The number of hydrogen-bond acceptors (Lipinski definition) is 7. The van der Waals surface area contributed by atoms with Gasteiger partial charge in [-0.05, 0) is 52.5 Å². The van der Waals surface area contributed by atoms with Crippen molar-refractivity contribution < 1.29 is 12.8 Å². The zero-order chi connectivity index (χ0) is 24.6. The quantitative estimate of drug-likeness (QED) is 0.384. The maximum absolute atomic E-state index is 12.8. The molecule has 0 unspecified atom stereocenters. The number of furan rings is 1. The van der Waals surface area contributed by atoms with Crippen LogP contribution in [0.2, 0.25) is 0 Å². The average molecular weight is 558 g/mol. The maximum Gasteiger partial charge on any atom is 0.252 e. The van der Waals surface area contributed by atoms with E-state index in [4.69, 9.17) is 4.42 Å². The lowest BCUT2D eigenvalue weighted by molar-refractivity contribution is 0.331. The Balaban J connectivity index is 1.36. The van der Waals surface area contributed by atoms with E-state index in [-0.39, 0.29) is 11.6 Å². The summed E-state index contributed by atoms with van der Waals surface area (Å²) in [7, 11) is -3.18. The second-order valence-electron chi connectivity index (χ2n) is 8.61. The summed E-state index contributed by atoms with van der Waals surface area (Å²) >= 11 is 3.32. The minimum absolute atomic E-state index is 0.0588. The highest BCUT2D eigenvalue weighted by Crippen LogP contribution is 2.25. The summed E-state index contributed by atoms with van der Waals surface area (Å²) in [4.78, 5) is 21.8. The Morgan fingerprint density at radius 3 is 2.49 bits per heavy atom. The number of hydrogen-bond donors (Lipinski definition) is 1. The highest BCUT2D eigenvalue weighted by Gasteiger charge is 2.25.